The third-order valence-corrected chi connectivity index (χ3v) is 3.98. The Balaban J connectivity index is 1.80. The Morgan fingerprint density at radius 1 is 1.45 bits per heavy atom. The van der Waals surface area contributed by atoms with Crippen molar-refractivity contribution in [3.8, 4) is 0 Å². The second kappa shape index (κ2) is 6.27. The summed E-state index contributed by atoms with van der Waals surface area (Å²) in [5.74, 6) is 1.25. The van der Waals surface area contributed by atoms with Crippen LogP contribution in [-0.2, 0) is 16.8 Å². The molecule has 1 aromatic heterocycles. The molecule has 0 aromatic carbocycles. The van der Waals surface area contributed by atoms with Crippen molar-refractivity contribution in [2.45, 2.75) is 59.2 Å². The lowest BCUT2D eigenvalue weighted by Gasteiger charge is -2.22. The Morgan fingerprint density at radius 3 is 2.80 bits per heavy atom. The molecule has 2 atom stereocenters. The Kier molecular flexibility index (Phi) is 4.86. The second-order valence-electron chi connectivity index (χ2n) is 7.22. The normalized spacial score (nSPS) is 23.7. The molecule has 4 heteroatoms. The van der Waals surface area contributed by atoms with Crippen LogP contribution in [0.4, 0.5) is 0 Å². The molecular weight excluding hydrogens is 250 g/mol. The highest BCUT2D eigenvalue weighted by atomic mass is 16.5. The van der Waals surface area contributed by atoms with Gasteiger partial charge in [-0.2, -0.15) is 5.10 Å². The standard InChI is InChI=1S/C16H29N3O/c1-12(2)15-14(6-7-20-15)10-17-8-13-9-18-19(11-13)16(3,4)5/h9,11-12,14-15,17H,6-8,10H2,1-5H3/t14-,15-/m1/s1. The van der Waals surface area contributed by atoms with Crippen molar-refractivity contribution in [3.05, 3.63) is 18.0 Å². The summed E-state index contributed by atoms with van der Waals surface area (Å²) in [5, 5.41) is 7.99. The summed E-state index contributed by atoms with van der Waals surface area (Å²) in [4.78, 5) is 0. The molecule has 0 bridgehead atoms. The molecule has 1 aromatic rings. The summed E-state index contributed by atoms with van der Waals surface area (Å²) in [5.41, 5.74) is 1.31. The average molecular weight is 279 g/mol. The number of hydrogen-bond donors (Lipinski definition) is 1. The van der Waals surface area contributed by atoms with Crippen LogP contribution in [0, 0.1) is 11.8 Å². The lowest BCUT2D eigenvalue weighted by Crippen LogP contribution is -2.31. The molecule has 0 saturated carbocycles. The maximum Gasteiger partial charge on any atom is 0.0639 e. The van der Waals surface area contributed by atoms with E-state index in [1.54, 1.807) is 0 Å². The largest absolute Gasteiger partial charge is 0.378 e. The highest BCUT2D eigenvalue weighted by Gasteiger charge is 2.30. The molecule has 114 valence electrons. The minimum Gasteiger partial charge on any atom is -0.378 e. The van der Waals surface area contributed by atoms with E-state index in [-0.39, 0.29) is 5.54 Å². The maximum absolute atomic E-state index is 5.82. The van der Waals surface area contributed by atoms with E-state index in [0.717, 1.165) is 19.7 Å². The van der Waals surface area contributed by atoms with Crippen molar-refractivity contribution in [1.82, 2.24) is 15.1 Å². The Hall–Kier alpha value is -0.870. The van der Waals surface area contributed by atoms with Crippen LogP contribution in [0.1, 0.15) is 46.6 Å². The number of rotatable bonds is 5. The first kappa shape index (κ1) is 15.5. The van der Waals surface area contributed by atoms with Gasteiger partial charge >= 0.3 is 0 Å². The molecule has 1 aliphatic heterocycles. The maximum atomic E-state index is 5.82. The van der Waals surface area contributed by atoms with Crippen molar-refractivity contribution >= 4 is 0 Å². The summed E-state index contributed by atoms with van der Waals surface area (Å²) in [6, 6.07) is 0. The van der Waals surface area contributed by atoms with E-state index in [2.05, 4.69) is 51.2 Å². The first-order valence-corrected chi connectivity index (χ1v) is 7.74. The average Bonchev–Trinajstić information content (AvgIpc) is 2.96. The van der Waals surface area contributed by atoms with Crippen molar-refractivity contribution in [3.63, 3.8) is 0 Å². The molecule has 2 heterocycles. The fourth-order valence-corrected chi connectivity index (χ4v) is 2.83. The summed E-state index contributed by atoms with van der Waals surface area (Å²) in [6.45, 7) is 13.8. The zero-order valence-electron chi connectivity index (χ0n) is 13.5. The van der Waals surface area contributed by atoms with Crippen LogP contribution in [0.3, 0.4) is 0 Å². The summed E-state index contributed by atoms with van der Waals surface area (Å²) < 4.78 is 7.85. The molecule has 20 heavy (non-hydrogen) atoms. The van der Waals surface area contributed by atoms with Gasteiger partial charge in [0.25, 0.3) is 0 Å². The minimum absolute atomic E-state index is 0.0558. The SMILES string of the molecule is CC(C)[C@H]1OCC[C@@H]1CNCc1cnn(C(C)(C)C)c1. The lowest BCUT2D eigenvalue weighted by molar-refractivity contribution is 0.0539. The van der Waals surface area contributed by atoms with Crippen molar-refractivity contribution in [2.75, 3.05) is 13.2 Å². The fraction of sp³-hybridized carbons (Fsp3) is 0.812. The van der Waals surface area contributed by atoms with Gasteiger partial charge < -0.3 is 10.1 Å². The molecule has 1 fully saturated rings. The molecule has 0 radical (unpaired) electrons. The van der Waals surface area contributed by atoms with Crippen LogP contribution in [0.15, 0.2) is 12.4 Å². The minimum atomic E-state index is 0.0558. The van der Waals surface area contributed by atoms with E-state index in [9.17, 15) is 0 Å². The van der Waals surface area contributed by atoms with E-state index >= 15 is 0 Å². The van der Waals surface area contributed by atoms with Gasteiger partial charge in [-0.05, 0) is 39.0 Å². The van der Waals surface area contributed by atoms with E-state index in [4.69, 9.17) is 4.74 Å². The summed E-state index contributed by atoms with van der Waals surface area (Å²) in [7, 11) is 0. The topological polar surface area (TPSA) is 39.1 Å². The monoisotopic (exact) mass is 279 g/mol. The lowest BCUT2D eigenvalue weighted by atomic mass is 9.93. The van der Waals surface area contributed by atoms with Gasteiger partial charge in [0, 0.05) is 31.5 Å². The predicted octanol–water partition coefficient (Wildman–Crippen LogP) is 2.79. The van der Waals surface area contributed by atoms with Gasteiger partial charge in [-0.25, -0.2) is 0 Å². The summed E-state index contributed by atoms with van der Waals surface area (Å²) in [6.07, 6.45) is 5.69. The molecule has 2 rings (SSSR count). The number of ether oxygens (including phenoxy) is 1. The molecule has 1 saturated heterocycles. The molecular formula is C16H29N3O. The first-order chi connectivity index (χ1) is 9.38. The quantitative estimate of drug-likeness (QED) is 0.901. The van der Waals surface area contributed by atoms with Gasteiger partial charge in [0.2, 0.25) is 0 Å². The van der Waals surface area contributed by atoms with Gasteiger partial charge in [-0.3, -0.25) is 4.68 Å². The molecule has 0 aliphatic carbocycles. The first-order valence-electron chi connectivity index (χ1n) is 7.74. The number of aromatic nitrogens is 2. The van der Waals surface area contributed by atoms with Gasteiger partial charge in [0.15, 0.2) is 0 Å². The number of nitrogens with one attached hydrogen (secondary N) is 1. The van der Waals surface area contributed by atoms with Crippen LogP contribution in [0.5, 0.6) is 0 Å². The third kappa shape index (κ3) is 3.83. The number of hydrogen-bond acceptors (Lipinski definition) is 3. The van der Waals surface area contributed by atoms with Crippen LogP contribution in [-0.4, -0.2) is 29.0 Å². The Labute approximate surface area is 122 Å². The van der Waals surface area contributed by atoms with Crippen LogP contribution >= 0.6 is 0 Å². The highest BCUT2D eigenvalue weighted by molar-refractivity contribution is 5.04. The second-order valence-corrected chi connectivity index (χ2v) is 7.22. The van der Waals surface area contributed by atoms with Crippen LogP contribution in [0.25, 0.3) is 0 Å². The van der Waals surface area contributed by atoms with Crippen molar-refractivity contribution in [1.29, 1.82) is 0 Å². The smallest absolute Gasteiger partial charge is 0.0639 e. The third-order valence-electron chi connectivity index (χ3n) is 3.98. The van der Waals surface area contributed by atoms with Gasteiger partial charge in [0.05, 0.1) is 17.8 Å². The Bertz CT molecular complexity index is 420. The summed E-state index contributed by atoms with van der Waals surface area (Å²) >= 11 is 0. The molecule has 0 unspecified atom stereocenters. The van der Waals surface area contributed by atoms with Crippen molar-refractivity contribution in [2.24, 2.45) is 11.8 Å². The van der Waals surface area contributed by atoms with Gasteiger partial charge in [-0.1, -0.05) is 13.8 Å². The van der Waals surface area contributed by atoms with Crippen molar-refractivity contribution < 1.29 is 4.74 Å². The molecule has 1 aliphatic rings. The van der Waals surface area contributed by atoms with Crippen LogP contribution < -0.4 is 5.32 Å². The van der Waals surface area contributed by atoms with E-state index in [1.807, 2.05) is 10.9 Å². The molecule has 0 spiro atoms. The van der Waals surface area contributed by atoms with Gasteiger partial charge in [0.1, 0.15) is 0 Å². The zero-order valence-corrected chi connectivity index (χ0v) is 13.5. The highest BCUT2D eigenvalue weighted by Crippen LogP contribution is 2.26. The molecule has 0 amide bonds. The predicted molar refractivity (Wildman–Crippen MR) is 81.6 cm³/mol. The molecule has 4 nitrogen and oxygen atoms in total. The van der Waals surface area contributed by atoms with E-state index in [0.29, 0.717) is 17.9 Å². The zero-order chi connectivity index (χ0) is 14.8. The van der Waals surface area contributed by atoms with E-state index < -0.39 is 0 Å². The fourth-order valence-electron chi connectivity index (χ4n) is 2.83. The van der Waals surface area contributed by atoms with Crippen LogP contribution in [0.2, 0.25) is 0 Å². The number of nitrogens with zero attached hydrogens (tertiary/aromatic N) is 2. The van der Waals surface area contributed by atoms with Gasteiger partial charge in [-0.15, -0.1) is 0 Å². The molecule has 1 N–H and O–H groups in total. The Morgan fingerprint density at radius 2 is 2.20 bits per heavy atom. The van der Waals surface area contributed by atoms with E-state index in [1.165, 1.54) is 12.0 Å².